The summed E-state index contributed by atoms with van der Waals surface area (Å²) in [5.74, 6) is -6.36. The fraction of sp³-hybridized carbons (Fsp3) is 0.455. The number of rotatable bonds is 8. The molecule has 1 heterocycles. The van der Waals surface area contributed by atoms with E-state index in [0.29, 0.717) is 17.0 Å². The smallest absolute Gasteiger partial charge is 0.426 e. The number of nitrogens with zero attached hydrogens (tertiary/aromatic N) is 3. The van der Waals surface area contributed by atoms with Gasteiger partial charge in [0.05, 0.1) is 0 Å². The average Bonchev–Trinajstić information content (AvgIpc) is 2.85. The van der Waals surface area contributed by atoms with Gasteiger partial charge in [0.25, 0.3) is 11.5 Å². The maximum absolute atomic E-state index is 14.2. The Morgan fingerprint density at radius 3 is 2.10 bits per heavy atom. The molecule has 3 rings (SSSR count). The van der Waals surface area contributed by atoms with Crippen LogP contribution in [0.15, 0.2) is 43.0 Å². The summed E-state index contributed by atoms with van der Waals surface area (Å²) < 4.78 is 109. The van der Waals surface area contributed by atoms with Crippen molar-refractivity contribution in [3.8, 4) is 5.75 Å². The Hall–Kier alpha value is -3.17. The topological polar surface area (TPSA) is 84.4 Å². The van der Waals surface area contributed by atoms with E-state index in [4.69, 9.17) is 11.6 Å². The van der Waals surface area contributed by atoms with Crippen molar-refractivity contribution in [1.29, 1.82) is 0 Å². The van der Waals surface area contributed by atoms with Gasteiger partial charge in [-0.3, -0.25) is 14.5 Å². The molecule has 0 saturated heterocycles. The Labute approximate surface area is 222 Å². The molecule has 212 valence electrons. The Kier molecular flexibility index (Phi) is 8.68. The number of benzene rings is 1. The molecule has 17 heteroatoms. The summed E-state index contributed by atoms with van der Waals surface area (Å²) in [6.45, 7) is 0. The molecule has 0 spiro atoms. The number of amides is 2. The summed E-state index contributed by atoms with van der Waals surface area (Å²) in [4.78, 5) is 34.8. The lowest BCUT2D eigenvalue weighted by molar-refractivity contribution is -0.360. The minimum atomic E-state index is -6.03. The largest absolute Gasteiger partial charge is 0.499 e. The van der Waals surface area contributed by atoms with Crippen molar-refractivity contribution in [1.82, 2.24) is 15.3 Å². The van der Waals surface area contributed by atoms with Crippen molar-refractivity contribution < 1.29 is 49.4 Å². The lowest BCUT2D eigenvalue weighted by atomic mass is 9.69. The molecule has 1 N–H and O–H groups in total. The third-order valence-electron chi connectivity index (χ3n) is 6.14. The molecule has 0 bridgehead atoms. The van der Waals surface area contributed by atoms with Gasteiger partial charge in [0.1, 0.15) is 17.5 Å². The summed E-state index contributed by atoms with van der Waals surface area (Å²) in [7, 11) is 1.15. The molecule has 0 radical (unpaired) electrons. The molecule has 39 heavy (non-hydrogen) atoms. The molecule has 0 aliphatic heterocycles. The highest BCUT2D eigenvalue weighted by molar-refractivity contribution is 6.37. The van der Waals surface area contributed by atoms with Gasteiger partial charge in [0.2, 0.25) is 11.8 Å². The van der Waals surface area contributed by atoms with E-state index in [1.807, 2.05) is 0 Å². The Bertz CT molecular complexity index is 1160. The van der Waals surface area contributed by atoms with E-state index < -0.39 is 65.7 Å². The number of anilines is 1. The number of carbonyl (C=O) groups excluding carboxylic acids is 2. The standard InChI is InChI=1S/C22H20BClF8N4O3/c23-20(12-9-33-11-34-10-12,18(38)35-13-5-7-19(26,27)8-6-13)36(17(37)16(24)25)14-1-3-15(4-2-14)39-22(31,32)21(28,29)30/h1-4,9-11,13,16H,5-8,23H2,(H,35,38)/t16-,20-/m0/s1. The fourth-order valence-corrected chi connectivity index (χ4v) is 4.09. The molecule has 1 aliphatic carbocycles. The zero-order valence-corrected chi connectivity index (χ0v) is 20.7. The molecule has 1 saturated carbocycles. The van der Waals surface area contributed by atoms with Crippen molar-refractivity contribution in [3.05, 3.63) is 48.5 Å². The van der Waals surface area contributed by atoms with Crippen LogP contribution < -0.4 is 15.0 Å². The highest BCUT2D eigenvalue weighted by Gasteiger charge is 2.61. The molecule has 1 aromatic heterocycles. The molecule has 7 nitrogen and oxygen atoms in total. The normalized spacial score (nSPS) is 18.5. The van der Waals surface area contributed by atoms with Gasteiger partial charge < -0.3 is 10.1 Å². The maximum atomic E-state index is 14.2. The second-order valence-electron chi connectivity index (χ2n) is 8.89. The number of carbonyl (C=O) groups is 2. The number of nitrogens with one attached hydrogen (secondary N) is 1. The molecule has 1 aromatic carbocycles. The van der Waals surface area contributed by atoms with Crippen LogP contribution in [0.1, 0.15) is 31.2 Å². The van der Waals surface area contributed by atoms with Gasteiger partial charge in [-0.2, -0.15) is 22.0 Å². The van der Waals surface area contributed by atoms with Crippen molar-refractivity contribution in [2.45, 2.75) is 61.0 Å². The molecule has 2 atom stereocenters. The van der Waals surface area contributed by atoms with E-state index in [-0.39, 0.29) is 24.1 Å². The first kappa shape index (κ1) is 30.4. The summed E-state index contributed by atoms with van der Waals surface area (Å²) in [5, 5.41) is 2.56. The molecule has 2 amide bonds. The number of alkyl halides is 9. The van der Waals surface area contributed by atoms with Crippen LogP contribution in [0.5, 0.6) is 5.75 Å². The van der Waals surface area contributed by atoms with Crippen molar-refractivity contribution >= 4 is 36.9 Å². The Morgan fingerprint density at radius 1 is 1.08 bits per heavy atom. The minimum Gasteiger partial charge on any atom is -0.426 e. The van der Waals surface area contributed by atoms with Crippen LogP contribution in [0, 0.1) is 0 Å². The lowest BCUT2D eigenvalue weighted by Crippen LogP contribution is -2.62. The average molecular weight is 587 g/mol. The quantitative estimate of drug-likeness (QED) is 0.287. The number of halogens is 9. The number of aromatic nitrogens is 2. The summed E-state index contributed by atoms with van der Waals surface area (Å²) in [6.07, 6.45) is -9.48. The van der Waals surface area contributed by atoms with E-state index in [1.54, 1.807) is 0 Å². The predicted molar refractivity (Wildman–Crippen MR) is 124 cm³/mol. The van der Waals surface area contributed by atoms with Crippen LogP contribution >= 0.6 is 11.6 Å². The first-order chi connectivity index (χ1) is 18.0. The Balaban J connectivity index is 2.03. The zero-order chi connectivity index (χ0) is 29.2. The van der Waals surface area contributed by atoms with E-state index in [1.165, 1.54) is 0 Å². The lowest BCUT2D eigenvalue weighted by Gasteiger charge is -2.42. The van der Waals surface area contributed by atoms with Crippen LogP contribution in [0.4, 0.5) is 40.8 Å². The summed E-state index contributed by atoms with van der Waals surface area (Å²) in [6, 6.07) is 2.19. The van der Waals surface area contributed by atoms with Crippen molar-refractivity contribution in [2.24, 2.45) is 0 Å². The van der Waals surface area contributed by atoms with Gasteiger partial charge in [-0.1, -0.05) is 11.6 Å². The van der Waals surface area contributed by atoms with E-state index in [9.17, 15) is 44.7 Å². The van der Waals surface area contributed by atoms with E-state index >= 15 is 0 Å². The summed E-state index contributed by atoms with van der Waals surface area (Å²) >= 11 is 5.41. The van der Waals surface area contributed by atoms with Gasteiger partial charge in [-0.15, -0.1) is 0 Å². The second-order valence-corrected chi connectivity index (χ2v) is 9.27. The van der Waals surface area contributed by atoms with E-state index in [0.717, 1.165) is 38.7 Å². The molecular weight excluding hydrogens is 567 g/mol. The van der Waals surface area contributed by atoms with Gasteiger partial charge in [-0.25, -0.2) is 23.1 Å². The number of hydrogen-bond donors (Lipinski definition) is 1. The molecule has 2 aromatic rings. The first-order valence-electron chi connectivity index (χ1n) is 11.3. The second kappa shape index (κ2) is 11.1. The van der Waals surface area contributed by atoms with Crippen LogP contribution in [0.25, 0.3) is 0 Å². The third-order valence-corrected chi connectivity index (χ3v) is 6.33. The number of ether oxygens (including phenoxy) is 1. The molecule has 1 fully saturated rings. The highest BCUT2D eigenvalue weighted by Crippen LogP contribution is 2.39. The Morgan fingerprint density at radius 2 is 1.62 bits per heavy atom. The number of hydrogen-bond acceptors (Lipinski definition) is 5. The van der Waals surface area contributed by atoms with Gasteiger partial charge >= 0.3 is 12.3 Å². The van der Waals surface area contributed by atoms with Gasteiger partial charge in [0, 0.05) is 42.5 Å². The SMILES string of the molecule is B[C@@](C(=O)NC1CCC(F)(F)CC1)(c1cncnc1)N(C(=O)[C@H](F)Cl)c1ccc(OC(F)(F)C(F)(F)F)cc1. The van der Waals surface area contributed by atoms with Crippen LogP contribution in [-0.4, -0.2) is 59.5 Å². The first-order valence-corrected chi connectivity index (χ1v) is 11.7. The van der Waals surface area contributed by atoms with Gasteiger partial charge in [-0.05, 0) is 37.1 Å². The maximum Gasteiger partial charge on any atom is 0.499 e. The predicted octanol–water partition coefficient (Wildman–Crippen LogP) is 4.06. The van der Waals surface area contributed by atoms with Crippen molar-refractivity contribution in [2.75, 3.05) is 4.90 Å². The van der Waals surface area contributed by atoms with Crippen LogP contribution in [-0.2, 0) is 15.0 Å². The third kappa shape index (κ3) is 6.71. The molecule has 1 aliphatic rings. The highest BCUT2D eigenvalue weighted by atomic mass is 35.5. The van der Waals surface area contributed by atoms with E-state index in [2.05, 4.69) is 20.0 Å². The van der Waals surface area contributed by atoms with Crippen molar-refractivity contribution in [3.63, 3.8) is 0 Å². The van der Waals surface area contributed by atoms with Gasteiger partial charge in [0.15, 0.2) is 7.85 Å². The minimum absolute atomic E-state index is 0.0850. The summed E-state index contributed by atoms with van der Waals surface area (Å²) in [5.41, 5.74) is -5.38. The van der Waals surface area contributed by atoms with Crippen LogP contribution in [0.3, 0.4) is 0 Å². The monoisotopic (exact) mass is 586 g/mol. The zero-order valence-electron chi connectivity index (χ0n) is 20.0. The molecular formula is C22H20BClF8N4O3. The van der Waals surface area contributed by atoms with Crippen LogP contribution in [0.2, 0.25) is 0 Å². The molecule has 0 unspecified atom stereocenters. The fourth-order valence-electron chi connectivity index (χ4n) is 4.00.